The Bertz CT molecular complexity index is 1100. The number of hydrogen-bond donors (Lipinski definition) is 3. The molecule has 0 spiro atoms. The third-order valence-corrected chi connectivity index (χ3v) is 6.19. The molecule has 3 atom stereocenters. The molecule has 1 saturated carbocycles. The van der Waals surface area contributed by atoms with Gasteiger partial charge in [0.25, 0.3) is 5.91 Å². The third kappa shape index (κ3) is 5.56. The van der Waals surface area contributed by atoms with Crippen LogP contribution in [0.2, 0.25) is 0 Å². The number of benzene rings is 2. The van der Waals surface area contributed by atoms with Crippen LogP contribution in [-0.4, -0.2) is 53.4 Å². The smallest absolute Gasteiger partial charge is 0.508 e. The number of carbonyl (C=O) groups is 3. The zero-order valence-electron chi connectivity index (χ0n) is 18.4. The zero-order chi connectivity index (χ0) is 25.2. The van der Waals surface area contributed by atoms with E-state index in [1.165, 1.54) is 12.1 Å². The van der Waals surface area contributed by atoms with Crippen molar-refractivity contribution in [2.24, 2.45) is 0 Å². The Balaban J connectivity index is 1.52. The average Bonchev–Trinajstić information content (AvgIpc) is 3.33. The summed E-state index contributed by atoms with van der Waals surface area (Å²) in [4.78, 5) is 38.7. The zero-order valence-corrected chi connectivity index (χ0v) is 18.4. The van der Waals surface area contributed by atoms with Crippen LogP contribution in [0.3, 0.4) is 0 Å². The van der Waals surface area contributed by atoms with Gasteiger partial charge in [-0.15, -0.1) is 13.2 Å². The number of rotatable bonds is 7. The summed E-state index contributed by atoms with van der Waals surface area (Å²) in [6.45, 7) is -0.0910. The van der Waals surface area contributed by atoms with Crippen LogP contribution in [0, 0.1) is 0 Å². The van der Waals surface area contributed by atoms with Gasteiger partial charge in [0.05, 0.1) is 6.10 Å². The van der Waals surface area contributed by atoms with Gasteiger partial charge < -0.3 is 25.2 Å². The first kappa shape index (κ1) is 24.5. The van der Waals surface area contributed by atoms with Gasteiger partial charge in [-0.25, -0.2) is 0 Å². The number of phenols is 1. The number of aromatic hydroxyl groups is 1. The minimum Gasteiger partial charge on any atom is -0.508 e. The SMILES string of the molecule is O=C(NC(Cc1ccc(O)cc1)C(=O)NC12CCCC1OCC2=O)c1ccc(OC(F)(F)F)cc1. The maximum absolute atomic E-state index is 13.3. The molecule has 1 heterocycles. The third-order valence-electron chi connectivity index (χ3n) is 6.19. The second kappa shape index (κ2) is 9.57. The fourth-order valence-electron chi connectivity index (χ4n) is 4.47. The number of carbonyl (C=O) groups excluding carboxylic acids is 3. The summed E-state index contributed by atoms with van der Waals surface area (Å²) in [7, 11) is 0. The lowest BCUT2D eigenvalue weighted by Crippen LogP contribution is -2.60. The predicted molar refractivity (Wildman–Crippen MR) is 116 cm³/mol. The Morgan fingerprint density at radius 3 is 2.49 bits per heavy atom. The topological polar surface area (TPSA) is 114 Å². The van der Waals surface area contributed by atoms with Crippen LogP contribution in [-0.2, 0) is 20.7 Å². The van der Waals surface area contributed by atoms with E-state index in [0.717, 1.165) is 24.3 Å². The van der Waals surface area contributed by atoms with Crippen molar-refractivity contribution in [1.29, 1.82) is 0 Å². The highest BCUT2D eigenvalue weighted by molar-refractivity contribution is 6.00. The van der Waals surface area contributed by atoms with E-state index in [1.807, 2.05) is 0 Å². The monoisotopic (exact) mass is 492 g/mol. The van der Waals surface area contributed by atoms with Gasteiger partial charge in [0, 0.05) is 12.0 Å². The molecule has 4 rings (SSSR count). The predicted octanol–water partition coefficient (Wildman–Crippen LogP) is 2.64. The first-order valence-corrected chi connectivity index (χ1v) is 11.0. The summed E-state index contributed by atoms with van der Waals surface area (Å²) in [5, 5.41) is 14.9. The van der Waals surface area contributed by atoms with Gasteiger partial charge in [0.15, 0.2) is 5.78 Å². The molecule has 11 heteroatoms. The summed E-state index contributed by atoms with van der Waals surface area (Å²) >= 11 is 0. The molecule has 1 aliphatic carbocycles. The summed E-state index contributed by atoms with van der Waals surface area (Å²) in [5.41, 5.74) is -0.488. The van der Waals surface area contributed by atoms with Crippen LogP contribution >= 0.6 is 0 Å². The Morgan fingerprint density at radius 1 is 1.14 bits per heavy atom. The first-order valence-electron chi connectivity index (χ1n) is 11.0. The minimum atomic E-state index is -4.87. The van der Waals surface area contributed by atoms with Crippen LogP contribution in [0.1, 0.15) is 35.2 Å². The van der Waals surface area contributed by atoms with Crippen LogP contribution in [0.15, 0.2) is 48.5 Å². The second-order valence-electron chi connectivity index (χ2n) is 8.54. The standard InChI is InChI=1S/C24H23F3N2O6/c25-24(26,27)35-17-9-5-15(6-10-17)21(32)28-18(12-14-3-7-16(30)8-4-14)22(33)29-23-11-1-2-20(23)34-13-19(23)31/h3-10,18,20,30H,1-2,11-13H2,(H,28,32)(H,29,33). The second-order valence-corrected chi connectivity index (χ2v) is 8.54. The van der Waals surface area contributed by atoms with Crippen LogP contribution < -0.4 is 15.4 Å². The molecule has 0 bridgehead atoms. The van der Waals surface area contributed by atoms with Crippen LogP contribution in [0.25, 0.3) is 0 Å². The Labute approximate surface area is 198 Å². The Hall–Kier alpha value is -3.60. The van der Waals surface area contributed by atoms with E-state index in [4.69, 9.17) is 4.74 Å². The molecule has 3 unspecified atom stereocenters. The number of ether oxygens (including phenoxy) is 2. The number of amides is 2. The summed E-state index contributed by atoms with van der Waals surface area (Å²) in [5.74, 6) is -1.96. The molecule has 3 N–H and O–H groups in total. The molecule has 2 aliphatic rings. The fraction of sp³-hybridized carbons (Fsp3) is 0.375. The van der Waals surface area contributed by atoms with Crippen molar-refractivity contribution < 1.29 is 42.1 Å². The maximum Gasteiger partial charge on any atom is 0.573 e. The number of alkyl halides is 3. The molecule has 2 aromatic rings. The van der Waals surface area contributed by atoms with Gasteiger partial charge in [0.2, 0.25) is 5.91 Å². The molecule has 1 saturated heterocycles. The molecule has 0 radical (unpaired) electrons. The van der Waals surface area contributed by atoms with Crippen molar-refractivity contribution in [1.82, 2.24) is 10.6 Å². The summed E-state index contributed by atoms with van der Waals surface area (Å²) < 4.78 is 46.5. The lowest BCUT2D eigenvalue weighted by Gasteiger charge is -2.30. The summed E-state index contributed by atoms with van der Waals surface area (Å²) in [6.07, 6.45) is -3.47. The number of halogens is 3. The van der Waals surface area contributed by atoms with Crippen LogP contribution in [0.4, 0.5) is 13.2 Å². The van der Waals surface area contributed by atoms with Gasteiger partial charge in [-0.05, 0) is 61.2 Å². The molecule has 2 aromatic carbocycles. The van der Waals surface area contributed by atoms with Gasteiger partial charge in [-0.2, -0.15) is 0 Å². The lowest BCUT2D eigenvalue weighted by atomic mass is 9.91. The van der Waals surface area contributed by atoms with Crippen LogP contribution in [0.5, 0.6) is 11.5 Å². The molecule has 1 aliphatic heterocycles. The van der Waals surface area contributed by atoms with E-state index in [2.05, 4.69) is 15.4 Å². The minimum absolute atomic E-state index is 0.0141. The van der Waals surface area contributed by atoms with E-state index < -0.39 is 41.6 Å². The molecule has 2 amide bonds. The normalized spacial score (nSPS) is 22.4. The average molecular weight is 492 g/mol. The molecule has 2 fully saturated rings. The van der Waals surface area contributed by atoms with E-state index >= 15 is 0 Å². The van der Waals surface area contributed by atoms with Gasteiger partial charge >= 0.3 is 6.36 Å². The van der Waals surface area contributed by atoms with E-state index in [9.17, 15) is 32.7 Å². The summed E-state index contributed by atoms with van der Waals surface area (Å²) in [6, 6.07) is 9.22. The quantitative estimate of drug-likeness (QED) is 0.548. The lowest BCUT2D eigenvalue weighted by molar-refractivity contribution is -0.274. The van der Waals surface area contributed by atoms with Crippen molar-refractivity contribution in [3.05, 3.63) is 59.7 Å². The molecule has 35 heavy (non-hydrogen) atoms. The van der Waals surface area contributed by atoms with Crippen molar-refractivity contribution in [3.8, 4) is 11.5 Å². The molecular weight excluding hydrogens is 469 g/mol. The van der Waals surface area contributed by atoms with E-state index in [0.29, 0.717) is 24.8 Å². The van der Waals surface area contributed by atoms with Crippen molar-refractivity contribution in [2.45, 2.75) is 49.7 Å². The Kier molecular flexibility index (Phi) is 6.70. The highest BCUT2D eigenvalue weighted by Crippen LogP contribution is 2.38. The van der Waals surface area contributed by atoms with Crippen molar-refractivity contribution in [3.63, 3.8) is 0 Å². The van der Waals surface area contributed by atoms with Gasteiger partial charge in [0.1, 0.15) is 29.7 Å². The molecule has 0 aromatic heterocycles. The number of Topliss-reactive ketones (excluding diaryl/α,β-unsaturated/α-hetero) is 1. The van der Waals surface area contributed by atoms with Crippen molar-refractivity contribution in [2.75, 3.05) is 6.61 Å². The van der Waals surface area contributed by atoms with E-state index in [-0.39, 0.29) is 30.1 Å². The van der Waals surface area contributed by atoms with E-state index in [1.54, 1.807) is 12.1 Å². The number of nitrogens with one attached hydrogen (secondary N) is 2. The number of fused-ring (bicyclic) bond motifs is 1. The highest BCUT2D eigenvalue weighted by Gasteiger charge is 2.55. The first-order chi connectivity index (χ1) is 16.6. The molecule has 8 nitrogen and oxygen atoms in total. The maximum atomic E-state index is 13.3. The Morgan fingerprint density at radius 2 is 1.83 bits per heavy atom. The van der Waals surface area contributed by atoms with Gasteiger partial charge in [-0.3, -0.25) is 14.4 Å². The highest BCUT2D eigenvalue weighted by atomic mass is 19.4. The van der Waals surface area contributed by atoms with Gasteiger partial charge in [-0.1, -0.05) is 12.1 Å². The van der Waals surface area contributed by atoms with Crippen molar-refractivity contribution >= 4 is 17.6 Å². The number of hydrogen-bond acceptors (Lipinski definition) is 6. The number of ketones is 1. The largest absolute Gasteiger partial charge is 0.573 e. The fourth-order valence-corrected chi connectivity index (χ4v) is 4.47. The molecule has 186 valence electrons. The number of phenolic OH excluding ortho intramolecular Hbond substituents is 1. The molecular formula is C24H23F3N2O6.